The molecule has 1 heterocycles. The number of rotatable bonds is 3. The molecule has 0 aliphatic carbocycles. The van der Waals surface area contributed by atoms with Crippen LogP contribution in [0, 0.1) is 11.6 Å². The van der Waals surface area contributed by atoms with Crippen molar-refractivity contribution < 1.29 is 13.2 Å². The number of benzene rings is 1. The Morgan fingerprint density at radius 1 is 1.31 bits per heavy atom. The summed E-state index contributed by atoms with van der Waals surface area (Å²) in [6, 6.07) is 3.38. The minimum atomic E-state index is -0.690. The molecule has 0 saturated carbocycles. The molecule has 4 heteroatoms. The Labute approximate surface area is 92.0 Å². The zero-order valence-electron chi connectivity index (χ0n) is 8.97. The first-order valence-electron chi connectivity index (χ1n) is 5.26. The molecule has 2 aromatic rings. The summed E-state index contributed by atoms with van der Waals surface area (Å²) in [5.74, 6) is -0.798. The van der Waals surface area contributed by atoms with Gasteiger partial charge in [0, 0.05) is 11.5 Å². The zero-order chi connectivity index (χ0) is 11.7. The van der Waals surface area contributed by atoms with Crippen LogP contribution in [0.5, 0.6) is 0 Å². The maximum absolute atomic E-state index is 13.3. The molecule has 1 atom stereocenters. The normalized spacial score (nSPS) is 13.2. The molecule has 0 saturated heterocycles. The first-order valence-corrected chi connectivity index (χ1v) is 5.26. The van der Waals surface area contributed by atoms with Gasteiger partial charge < -0.3 is 10.2 Å². The first-order chi connectivity index (χ1) is 7.61. The van der Waals surface area contributed by atoms with Crippen LogP contribution in [0.3, 0.4) is 0 Å². The van der Waals surface area contributed by atoms with Crippen LogP contribution in [-0.2, 0) is 0 Å². The third-order valence-electron chi connectivity index (χ3n) is 2.52. The molecular weight excluding hydrogens is 212 g/mol. The Morgan fingerprint density at radius 2 is 2.06 bits per heavy atom. The van der Waals surface area contributed by atoms with Crippen molar-refractivity contribution in [1.29, 1.82) is 0 Å². The first kappa shape index (κ1) is 11.1. The third kappa shape index (κ3) is 1.93. The smallest absolute Gasteiger partial charge is 0.170 e. The second-order valence-corrected chi connectivity index (χ2v) is 3.85. The molecule has 2 N–H and O–H groups in total. The van der Waals surface area contributed by atoms with Gasteiger partial charge in [0.25, 0.3) is 0 Å². The highest BCUT2D eigenvalue weighted by atomic mass is 19.1. The molecule has 0 aliphatic rings. The van der Waals surface area contributed by atoms with Crippen LogP contribution in [-0.4, -0.2) is 0 Å². The number of halogens is 2. The largest absolute Gasteiger partial charge is 0.456 e. The van der Waals surface area contributed by atoms with E-state index in [1.54, 1.807) is 6.07 Å². The van der Waals surface area contributed by atoms with Gasteiger partial charge in [-0.1, -0.05) is 13.3 Å². The maximum Gasteiger partial charge on any atom is 0.170 e. The molecule has 2 rings (SSSR count). The number of nitrogens with two attached hydrogens (primary N) is 1. The molecular formula is C12H13F2NO. The lowest BCUT2D eigenvalue weighted by Gasteiger charge is -2.04. The zero-order valence-corrected chi connectivity index (χ0v) is 8.97. The van der Waals surface area contributed by atoms with Crippen LogP contribution in [0.25, 0.3) is 11.0 Å². The van der Waals surface area contributed by atoms with Gasteiger partial charge in [0.2, 0.25) is 0 Å². The van der Waals surface area contributed by atoms with E-state index in [1.165, 1.54) is 6.07 Å². The van der Waals surface area contributed by atoms with Gasteiger partial charge in [-0.3, -0.25) is 0 Å². The van der Waals surface area contributed by atoms with Crippen molar-refractivity contribution >= 4 is 11.0 Å². The van der Waals surface area contributed by atoms with Crippen molar-refractivity contribution in [3.05, 3.63) is 35.6 Å². The summed E-state index contributed by atoms with van der Waals surface area (Å²) in [5, 5.41) is 0.416. The third-order valence-corrected chi connectivity index (χ3v) is 2.52. The van der Waals surface area contributed by atoms with E-state index in [0.717, 1.165) is 18.9 Å². The average Bonchev–Trinajstić information content (AvgIpc) is 2.62. The van der Waals surface area contributed by atoms with Gasteiger partial charge in [0.1, 0.15) is 11.6 Å². The lowest BCUT2D eigenvalue weighted by atomic mass is 10.1. The molecule has 16 heavy (non-hydrogen) atoms. The van der Waals surface area contributed by atoms with E-state index in [1.807, 2.05) is 6.92 Å². The summed E-state index contributed by atoms with van der Waals surface area (Å²) >= 11 is 0. The number of hydrogen-bond acceptors (Lipinski definition) is 2. The van der Waals surface area contributed by atoms with Crippen LogP contribution in [0.4, 0.5) is 8.78 Å². The van der Waals surface area contributed by atoms with Gasteiger partial charge in [-0.15, -0.1) is 0 Å². The second kappa shape index (κ2) is 4.22. The van der Waals surface area contributed by atoms with Gasteiger partial charge in [-0.2, -0.15) is 0 Å². The van der Waals surface area contributed by atoms with E-state index in [9.17, 15) is 8.78 Å². The van der Waals surface area contributed by atoms with E-state index < -0.39 is 11.6 Å². The highest BCUT2D eigenvalue weighted by Gasteiger charge is 2.14. The molecule has 0 spiro atoms. The number of hydrogen-bond donors (Lipinski definition) is 1. The molecule has 2 nitrogen and oxygen atoms in total. The quantitative estimate of drug-likeness (QED) is 0.868. The fourth-order valence-corrected chi connectivity index (χ4v) is 1.73. The molecule has 0 unspecified atom stereocenters. The van der Waals surface area contributed by atoms with Crippen molar-refractivity contribution in [2.24, 2.45) is 5.73 Å². The van der Waals surface area contributed by atoms with E-state index in [0.29, 0.717) is 11.1 Å². The highest BCUT2D eigenvalue weighted by molar-refractivity contribution is 5.78. The van der Waals surface area contributed by atoms with Crippen molar-refractivity contribution in [1.82, 2.24) is 0 Å². The lowest BCUT2D eigenvalue weighted by molar-refractivity contribution is 0.461. The fraction of sp³-hybridized carbons (Fsp3) is 0.333. The fourth-order valence-electron chi connectivity index (χ4n) is 1.73. The number of furan rings is 1. The minimum absolute atomic E-state index is 0.0722. The van der Waals surface area contributed by atoms with Crippen LogP contribution in [0.1, 0.15) is 31.6 Å². The Morgan fingerprint density at radius 3 is 2.75 bits per heavy atom. The SMILES string of the molecule is CCC[C@@H](N)c1cc2cc(F)cc(F)c2o1. The predicted octanol–water partition coefficient (Wildman–Crippen LogP) is 3.51. The van der Waals surface area contributed by atoms with E-state index in [2.05, 4.69) is 0 Å². The van der Waals surface area contributed by atoms with Crippen LogP contribution < -0.4 is 5.73 Å². The lowest BCUT2D eigenvalue weighted by Crippen LogP contribution is -2.08. The Hall–Kier alpha value is -1.42. The van der Waals surface area contributed by atoms with Gasteiger partial charge in [-0.25, -0.2) is 8.78 Å². The molecule has 0 bridgehead atoms. The van der Waals surface area contributed by atoms with Gasteiger partial charge in [-0.05, 0) is 18.6 Å². The van der Waals surface area contributed by atoms with Gasteiger partial charge >= 0.3 is 0 Å². The topological polar surface area (TPSA) is 39.2 Å². The highest BCUT2D eigenvalue weighted by Crippen LogP contribution is 2.27. The summed E-state index contributed by atoms with van der Waals surface area (Å²) in [6.45, 7) is 2.00. The van der Waals surface area contributed by atoms with Crippen LogP contribution >= 0.6 is 0 Å². The van der Waals surface area contributed by atoms with Gasteiger partial charge in [0.05, 0.1) is 6.04 Å². The van der Waals surface area contributed by atoms with E-state index in [4.69, 9.17) is 10.2 Å². The molecule has 86 valence electrons. The summed E-state index contributed by atoms with van der Waals surface area (Å²) in [6.07, 6.45) is 1.67. The molecule has 0 fully saturated rings. The van der Waals surface area contributed by atoms with Crippen molar-refractivity contribution in [2.75, 3.05) is 0 Å². The van der Waals surface area contributed by atoms with Crippen LogP contribution in [0.2, 0.25) is 0 Å². The molecule has 0 amide bonds. The monoisotopic (exact) mass is 225 g/mol. The molecule has 0 radical (unpaired) electrons. The maximum atomic E-state index is 13.3. The summed E-state index contributed by atoms with van der Waals surface area (Å²) < 4.78 is 31.6. The second-order valence-electron chi connectivity index (χ2n) is 3.85. The van der Waals surface area contributed by atoms with E-state index >= 15 is 0 Å². The summed E-state index contributed by atoms with van der Waals surface area (Å²) in [7, 11) is 0. The van der Waals surface area contributed by atoms with Crippen LogP contribution in [0.15, 0.2) is 22.6 Å². The Bertz CT molecular complexity index is 507. The molecule has 0 aliphatic heterocycles. The predicted molar refractivity (Wildman–Crippen MR) is 58.0 cm³/mol. The Balaban J connectivity index is 2.47. The van der Waals surface area contributed by atoms with E-state index in [-0.39, 0.29) is 11.6 Å². The number of fused-ring (bicyclic) bond motifs is 1. The van der Waals surface area contributed by atoms with Crippen molar-refractivity contribution in [3.63, 3.8) is 0 Å². The van der Waals surface area contributed by atoms with Crippen molar-refractivity contribution in [2.45, 2.75) is 25.8 Å². The minimum Gasteiger partial charge on any atom is -0.456 e. The average molecular weight is 225 g/mol. The van der Waals surface area contributed by atoms with Crippen molar-refractivity contribution in [3.8, 4) is 0 Å². The summed E-state index contributed by atoms with van der Waals surface area (Å²) in [5.41, 5.74) is 5.92. The van der Waals surface area contributed by atoms with Gasteiger partial charge in [0.15, 0.2) is 11.4 Å². The molecule has 1 aromatic heterocycles. The Kier molecular flexibility index (Phi) is 2.92. The standard InChI is InChI=1S/C12H13F2NO/c1-2-3-10(15)11-5-7-4-8(13)6-9(14)12(7)16-11/h4-6,10H,2-3,15H2,1H3/t10-/m1/s1. The summed E-state index contributed by atoms with van der Waals surface area (Å²) in [4.78, 5) is 0. The molecule has 1 aromatic carbocycles.